The molecule has 13 heavy (non-hydrogen) atoms. The Kier molecular flexibility index (Phi) is 4.70. The van der Waals surface area contributed by atoms with Crippen LogP contribution in [0.3, 0.4) is 0 Å². The summed E-state index contributed by atoms with van der Waals surface area (Å²) in [7, 11) is 0. The van der Waals surface area contributed by atoms with E-state index in [1.54, 1.807) is 0 Å². The summed E-state index contributed by atoms with van der Waals surface area (Å²) >= 11 is 0. The summed E-state index contributed by atoms with van der Waals surface area (Å²) in [5.74, 6) is 0. The Bertz CT molecular complexity index is 131. The van der Waals surface area contributed by atoms with Gasteiger partial charge in [-0.25, -0.2) is 0 Å². The van der Waals surface area contributed by atoms with E-state index in [4.69, 9.17) is 10.5 Å². The Morgan fingerprint density at radius 2 is 2.23 bits per heavy atom. The predicted octanol–water partition coefficient (Wildman–Crippen LogP) is 0.884. The second-order valence-corrected chi connectivity index (χ2v) is 3.88. The Morgan fingerprint density at radius 3 is 2.92 bits per heavy atom. The highest BCUT2D eigenvalue weighted by Gasteiger charge is 2.28. The lowest BCUT2D eigenvalue weighted by atomic mass is 9.90. The molecule has 78 valence electrons. The van der Waals surface area contributed by atoms with Crippen molar-refractivity contribution in [3.63, 3.8) is 0 Å². The van der Waals surface area contributed by atoms with Crippen LogP contribution in [0.15, 0.2) is 0 Å². The molecule has 1 unspecified atom stereocenters. The lowest BCUT2D eigenvalue weighted by Crippen LogP contribution is -2.51. The summed E-state index contributed by atoms with van der Waals surface area (Å²) in [5, 5.41) is 3.57. The molecule has 0 amide bonds. The third-order valence-corrected chi connectivity index (χ3v) is 2.81. The van der Waals surface area contributed by atoms with Crippen LogP contribution < -0.4 is 11.1 Å². The fourth-order valence-corrected chi connectivity index (χ4v) is 1.85. The molecule has 0 saturated carbocycles. The van der Waals surface area contributed by atoms with E-state index in [1.165, 1.54) is 6.42 Å². The summed E-state index contributed by atoms with van der Waals surface area (Å²) in [5.41, 5.74) is 5.99. The lowest BCUT2D eigenvalue weighted by molar-refractivity contribution is 0.137. The van der Waals surface area contributed by atoms with Crippen molar-refractivity contribution in [1.29, 1.82) is 0 Å². The molecule has 1 aliphatic rings. The summed E-state index contributed by atoms with van der Waals surface area (Å²) < 4.78 is 5.44. The van der Waals surface area contributed by atoms with Crippen LogP contribution in [0.4, 0.5) is 0 Å². The Labute approximate surface area is 81.0 Å². The highest BCUT2D eigenvalue weighted by molar-refractivity contribution is 4.89. The lowest BCUT2D eigenvalue weighted by Gasteiger charge is -2.32. The molecule has 1 saturated heterocycles. The van der Waals surface area contributed by atoms with Crippen LogP contribution in [-0.4, -0.2) is 31.8 Å². The van der Waals surface area contributed by atoms with Gasteiger partial charge < -0.3 is 15.8 Å². The second-order valence-electron chi connectivity index (χ2n) is 3.88. The fourth-order valence-electron chi connectivity index (χ4n) is 1.85. The first kappa shape index (κ1) is 11.0. The molecule has 3 N–H and O–H groups in total. The first-order valence-electron chi connectivity index (χ1n) is 5.36. The molecule has 1 heterocycles. The topological polar surface area (TPSA) is 47.3 Å². The molecule has 1 rings (SSSR count). The molecule has 1 aliphatic heterocycles. The maximum atomic E-state index is 5.83. The van der Waals surface area contributed by atoms with Crippen LogP contribution in [0.5, 0.6) is 0 Å². The van der Waals surface area contributed by atoms with Gasteiger partial charge in [-0.05, 0) is 32.2 Å². The molecule has 0 aromatic heterocycles. The molecule has 0 aromatic carbocycles. The van der Waals surface area contributed by atoms with Gasteiger partial charge in [0.05, 0.1) is 0 Å². The van der Waals surface area contributed by atoms with Crippen molar-refractivity contribution in [2.75, 3.05) is 26.3 Å². The van der Waals surface area contributed by atoms with Crippen molar-refractivity contribution in [2.45, 2.75) is 38.1 Å². The standard InChI is InChI=1S/C10H22N2O/c1-2-6-12-10(9-11)4-3-7-13-8-5-10/h12H,2-9,11H2,1H3. The molecule has 0 bridgehead atoms. The van der Waals surface area contributed by atoms with E-state index < -0.39 is 0 Å². The number of rotatable bonds is 4. The highest BCUT2D eigenvalue weighted by Crippen LogP contribution is 2.19. The van der Waals surface area contributed by atoms with Crippen LogP contribution >= 0.6 is 0 Å². The smallest absolute Gasteiger partial charge is 0.0484 e. The van der Waals surface area contributed by atoms with Gasteiger partial charge in [0.25, 0.3) is 0 Å². The van der Waals surface area contributed by atoms with Crippen molar-refractivity contribution in [1.82, 2.24) is 5.32 Å². The van der Waals surface area contributed by atoms with Gasteiger partial charge in [-0.2, -0.15) is 0 Å². The van der Waals surface area contributed by atoms with Crippen LogP contribution in [0.25, 0.3) is 0 Å². The van der Waals surface area contributed by atoms with Gasteiger partial charge in [0, 0.05) is 25.3 Å². The summed E-state index contributed by atoms with van der Waals surface area (Å²) in [4.78, 5) is 0. The average Bonchev–Trinajstić information content (AvgIpc) is 2.41. The Balaban J connectivity index is 2.43. The predicted molar refractivity (Wildman–Crippen MR) is 54.7 cm³/mol. The molecule has 3 heteroatoms. The van der Waals surface area contributed by atoms with E-state index in [0.29, 0.717) is 0 Å². The Morgan fingerprint density at radius 1 is 1.38 bits per heavy atom. The maximum Gasteiger partial charge on any atom is 0.0484 e. The number of ether oxygens (including phenoxy) is 1. The number of nitrogens with two attached hydrogens (primary N) is 1. The highest BCUT2D eigenvalue weighted by atomic mass is 16.5. The SMILES string of the molecule is CCCNC1(CN)CCCOCC1. The molecular formula is C10H22N2O. The summed E-state index contributed by atoms with van der Waals surface area (Å²) in [6, 6.07) is 0. The normalized spacial score (nSPS) is 30.0. The van der Waals surface area contributed by atoms with Crippen molar-refractivity contribution < 1.29 is 4.74 Å². The van der Waals surface area contributed by atoms with Gasteiger partial charge >= 0.3 is 0 Å². The molecule has 1 atom stereocenters. The zero-order valence-electron chi connectivity index (χ0n) is 8.64. The minimum atomic E-state index is 0.159. The van der Waals surface area contributed by atoms with Crippen LogP contribution in [0, 0.1) is 0 Å². The quantitative estimate of drug-likeness (QED) is 0.685. The van der Waals surface area contributed by atoms with Crippen molar-refractivity contribution in [2.24, 2.45) is 5.73 Å². The monoisotopic (exact) mass is 186 g/mol. The third kappa shape index (κ3) is 3.25. The third-order valence-electron chi connectivity index (χ3n) is 2.81. The van der Waals surface area contributed by atoms with Gasteiger partial charge in [-0.3, -0.25) is 0 Å². The number of nitrogens with one attached hydrogen (secondary N) is 1. The molecule has 0 spiro atoms. The minimum Gasteiger partial charge on any atom is -0.381 e. The van der Waals surface area contributed by atoms with E-state index in [-0.39, 0.29) is 5.54 Å². The molecular weight excluding hydrogens is 164 g/mol. The van der Waals surface area contributed by atoms with Gasteiger partial charge in [-0.15, -0.1) is 0 Å². The zero-order valence-corrected chi connectivity index (χ0v) is 8.64. The summed E-state index contributed by atoms with van der Waals surface area (Å²) in [6.07, 6.45) is 4.52. The van der Waals surface area contributed by atoms with Crippen molar-refractivity contribution in [3.05, 3.63) is 0 Å². The molecule has 0 radical (unpaired) electrons. The van der Waals surface area contributed by atoms with E-state index in [9.17, 15) is 0 Å². The molecule has 0 aromatic rings. The van der Waals surface area contributed by atoms with E-state index >= 15 is 0 Å². The average molecular weight is 186 g/mol. The van der Waals surface area contributed by atoms with Gasteiger partial charge in [0.1, 0.15) is 0 Å². The number of hydrogen-bond acceptors (Lipinski definition) is 3. The Hall–Kier alpha value is -0.120. The van der Waals surface area contributed by atoms with E-state index in [2.05, 4.69) is 12.2 Å². The summed E-state index contributed by atoms with van der Waals surface area (Å²) in [6.45, 7) is 5.74. The minimum absolute atomic E-state index is 0.159. The largest absolute Gasteiger partial charge is 0.381 e. The zero-order chi connectivity index (χ0) is 9.57. The second kappa shape index (κ2) is 5.58. The van der Waals surface area contributed by atoms with Crippen LogP contribution in [-0.2, 0) is 4.74 Å². The van der Waals surface area contributed by atoms with E-state index in [0.717, 1.165) is 45.6 Å². The molecule has 1 fully saturated rings. The van der Waals surface area contributed by atoms with Crippen molar-refractivity contribution >= 4 is 0 Å². The van der Waals surface area contributed by atoms with Crippen molar-refractivity contribution in [3.8, 4) is 0 Å². The first-order chi connectivity index (χ1) is 6.33. The van der Waals surface area contributed by atoms with Gasteiger partial charge in [-0.1, -0.05) is 6.92 Å². The molecule has 0 aliphatic carbocycles. The van der Waals surface area contributed by atoms with Gasteiger partial charge in [0.2, 0.25) is 0 Å². The van der Waals surface area contributed by atoms with E-state index in [1.807, 2.05) is 0 Å². The fraction of sp³-hybridized carbons (Fsp3) is 1.00. The number of hydrogen-bond donors (Lipinski definition) is 2. The maximum absolute atomic E-state index is 5.83. The van der Waals surface area contributed by atoms with Gasteiger partial charge in [0.15, 0.2) is 0 Å². The van der Waals surface area contributed by atoms with Crippen LogP contribution in [0.2, 0.25) is 0 Å². The van der Waals surface area contributed by atoms with Crippen LogP contribution in [0.1, 0.15) is 32.6 Å². The molecule has 3 nitrogen and oxygen atoms in total. The first-order valence-corrected chi connectivity index (χ1v) is 5.36.